The summed E-state index contributed by atoms with van der Waals surface area (Å²) in [4.78, 5) is 26.3. The number of pyridine rings is 2. The molecule has 0 saturated carbocycles. The minimum Gasteiger partial charge on any atom is -0.354 e. The monoisotopic (exact) mass is 427 g/mol. The van der Waals surface area contributed by atoms with Crippen LogP contribution in [0.1, 0.15) is 10.4 Å². The van der Waals surface area contributed by atoms with Crippen molar-refractivity contribution in [1.82, 2.24) is 24.6 Å². The third-order valence-electron chi connectivity index (χ3n) is 5.84. The highest BCUT2D eigenvalue weighted by Crippen LogP contribution is 2.25. The Bertz CT molecular complexity index is 1270. The Balaban J connectivity index is 1.36. The zero-order valence-electron chi connectivity index (χ0n) is 18.2. The molecule has 8 heteroatoms. The van der Waals surface area contributed by atoms with Crippen LogP contribution in [0.25, 0.3) is 21.9 Å². The normalized spacial score (nSPS) is 14.6. The first-order chi connectivity index (χ1) is 15.5. The van der Waals surface area contributed by atoms with Crippen molar-refractivity contribution in [3.05, 3.63) is 66.7 Å². The van der Waals surface area contributed by atoms with Crippen LogP contribution in [0.15, 0.2) is 61.2 Å². The summed E-state index contributed by atoms with van der Waals surface area (Å²) in [6, 6.07) is 11.6. The second-order valence-electron chi connectivity index (χ2n) is 8.18. The molecular formula is C24H25N7O. The Morgan fingerprint density at radius 1 is 0.906 bits per heavy atom. The Morgan fingerprint density at radius 3 is 2.53 bits per heavy atom. The number of nitrogens with one attached hydrogen (secondary N) is 1. The molecule has 8 nitrogen and oxygen atoms in total. The predicted octanol–water partition coefficient (Wildman–Crippen LogP) is 3.03. The number of carbonyl (C=O) groups excluding carboxylic acids is 1. The van der Waals surface area contributed by atoms with Crippen molar-refractivity contribution in [1.29, 1.82) is 0 Å². The summed E-state index contributed by atoms with van der Waals surface area (Å²) in [5, 5.41) is 9.19. The Hall–Kier alpha value is -3.78. The number of hydrogen-bond donors (Lipinski definition) is 1. The molecule has 1 amide bonds. The van der Waals surface area contributed by atoms with Gasteiger partial charge in [0.25, 0.3) is 5.91 Å². The highest BCUT2D eigenvalue weighted by molar-refractivity contribution is 6.05. The fraction of sp³-hybridized carbons (Fsp3) is 0.250. The van der Waals surface area contributed by atoms with E-state index in [1.807, 2.05) is 37.6 Å². The van der Waals surface area contributed by atoms with Crippen molar-refractivity contribution in [3.63, 3.8) is 0 Å². The van der Waals surface area contributed by atoms with Crippen LogP contribution in [0, 0.1) is 0 Å². The van der Waals surface area contributed by atoms with Gasteiger partial charge in [0.1, 0.15) is 11.6 Å². The molecule has 32 heavy (non-hydrogen) atoms. The van der Waals surface area contributed by atoms with Gasteiger partial charge in [0.15, 0.2) is 0 Å². The van der Waals surface area contributed by atoms with E-state index in [4.69, 9.17) is 0 Å². The van der Waals surface area contributed by atoms with Gasteiger partial charge in [-0.05, 0) is 42.3 Å². The van der Waals surface area contributed by atoms with Gasteiger partial charge in [-0.2, -0.15) is 5.10 Å². The van der Waals surface area contributed by atoms with Crippen LogP contribution in [0.2, 0.25) is 0 Å². The zero-order chi connectivity index (χ0) is 22.1. The highest BCUT2D eigenvalue weighted by atomic mass is 16.1. The van der Waals surface area contributed by atoms with Gasteiger partial charge in [0, 0.05) is 68.3 Å². The van der Waals surface area contributed by atoms with E-state index in [1.165, 1.54) is 0 Å². The van der Waals surface area contributed by atoms with Gasteiger partial charge < -0.3 is 15.1 Å². The Kier molecular flexibility index (Phi) is 5.28. The summed E-state index contributed by atoms with van der Waals surface area (Å²) in [5.74, 6) is 1.15. The molecule has 0 atom stereocenters. The first kappa shape index (κ1) is 20.1. The third kappa shape index (κ3) is 4.17. The van der Waals surface area contributed by atoms with E-state index in [2.05, 4.69) is 49.4 Å². The van der Waals surface area contributed by atoms with Crippen molar-refractivity contribution in [2.45, 2.75) is 0 Å². The number of nitrogens with zero attached hydrogens (tertiary/aromatic N) is 6. The lowest BCUT2D eigenvalue weighted by molar-refractivity contribution is 0.102. The van der Waals surface area contributed by atoms with Crippen molar-refractivity contribution < 1.29 is 4.79 Å². The number of anilines is 2. The average molecular weight is 428 g/mol. The standard InChI is InChI=1S/C24H25N7O/c1-29-7-9-31(10-8-29)23-13-18(5-6-25-23)24(32)28-22-12-20-11-17(3-4-19(20)14-26-22)21-15-27-30(2)16-21/h3-6,11-16H,7-10H2,1-2H3,(H,26,28,32). The number of rotatable bonds is 4. The molecule has 4 aromatic rings. The lowest BCUT2D eigenvalue weighted by atomic mass is 10.1. The maximum Gasteiger partial charge on any atom is 0.257 e. The van der Waals surface area contributed by atoms with Crippen molar-refractivity contribution in [3.8, 4) is 11.1 Å². The van der Waals surface area contributed by atoms with Crippen LogP contribution >= 0.6 is 0 Å². The Labute approximate surface area is 186 Å². The smallest absolute Gasteiger partial charge is 0.257 e. The van der Waals surface area contributed by atoms with E-state index >= 15 is 0 Å². The van der Waals surface area contributed by atoms with E-state index in [0.29, 0.717) is 11.4 Å². The van der Waals surface area contributed by atoms with Crippen LogP contribution in [0.4, 0.5) is 11.6 Å². The lowest BCUT2D eigenvalue weighted by Crippen LogP contribution is -2.44. The van der Waals surface area contributed by atoms with Crippen LogP contribution in [-0.2, 0) is 7.05 Å². The number of amides is 1. The summed E-state index contributed by atoms with van der Waals surface area (Å²) in [6.07, 6.45) is 7.29. The van der Waals surface area contributed by atoms with Crippen LogP contribution in [-0.4, -0.2) is 63.8 Å². The fourth-order valence-electron chi connectivity index (χ4n) is 3.92. The number of carbonyl (C=O) groups is 1. The van der Waals surface area contributed by atoms with Crippen molar-refractivity contribution in [2.24, 2.45) is 7.05 Å². The van der Waals surface area contributed by atoms with Crippen molar-refractivity contribution >= 4 is 28.3 Å². The first-order valence-corrected chi connectivity index (χ1v) is 10.6. The summed E-state index contributed by atoms with van der Waals surface area (Å²) in [7, 11) is 4.02. The summed E-state index contributed by atoms with van der Waals surface area (Å²) < 4.78 is 1.78. The van der Waals surface area contributed by atoms with Crippen molar-refractivity contribution in [2.75, 3.05) is 43.4 Å². The molecule has 4 heterocycles. The summed E-state index contributed by atoms with van der Waals surface area (Å²) >= 11 is 0. The first-order valence-electron chi connectivity index (χ1n) is 10.6. The van der Waals surface area contributed by atoms with Gasteiger partial charge in [-0.15, -0.1) is 0 Å². The molecule has 0 radical (unpaired) electrons. The van der Waals surface area contributed by atoms with Gasteiger partial charge in [-0.25, -0.2) is 9.97 Å². The van der Waals surface area contributed by atoms with Gasteiger partial charge >= 0.3 is 0 Å². The molecule has 1 saturated heterocycles. The minimum atomic E-state index is -0.196. The number of likely N-dealkylation sites (N-methyl/N-ethyl adjacent to an activating group) is 1. The quantitative estimate of drug-likeness (QED) is 0.539. The number of benzene rings is 1. The molecular weight excluding hydrogens is 402 g/mol. The SMILES string of the molecule is CN1CCN(c2cc(C(=O)Nc3cc4cc(-c5cnn(C)c5)ccc4cn3)ccn2)CC1. The average Bonchev–Trinajstić information content (AvgIpc) is 3.25. The molecule has 1 aliphatic heterocycles. The third-order valence-corrected chi connectivity index (χ3v) is 5.84. The second-order valence-corrected chi connectivity index (χ2v) is 8.18. The molecule has 1 fully saturated rings. The number of fused-ring (bicyclic) bond motifs is 1. The molecule has 1 aliphatic rings. The van der Waals surface area contributed by atoms with Gasteiger partial charge in [-0.3, -0.25) is 9.48 Å². The fourth-order valence-corrected chi connectivity index (χ4v) is 3.92. The van der Waals surface area contributed by atoms with Gasteiger partial charge in [0.2, 0.25) is 0 Å². The predicted molar refractivity (Wildman–Crippen MR) is 126 cm³/mol. The summed E-state index contributed by atoms with van der Waals surface area (Å²) in [5.41, 5.74) is 2.69. The van der Waals surface area contributed by atoms with E-state index < -0.39 is 0 Å². The number of piperazine rings is 1. The molecule has 3 aromatic heterocycles. The molecule has 1 N–H and O–H groups in total. The lowest BCUT2D eigenvalue weighted by Gasteiger charge is -2.33. The maximum absolute atomic E-state index is 12.9. The molecule has 1 aromatic carbocycles. The molecule has 0 bridgehead atoms. The Morgan fingerprint density at radius 2 is 1.75 bits per heavy atom. The van der Waals surface area contributed by atoms with Gasteiger partial charge in [-0.1, -0.05) is 12.1 Å². The molecule has 5 rings (SSSR count). The minimum absolute atomic E-state index is 0.196. The number of aromatic nitrogens is 4. The van der Waals surface area contributed by atoms with Gasteiger partial charge in [0.05, 0.1) is 6.20 Å². The van der Waals surface area contributed by atoms with E-state index in [-0.39, 0.29) is 5.91 Å². The second kappa shape index (κ2) is 8.39. The molecule has 162 valence electrons. The zero-order valence-corrected chi connectivity index (χ0v) is 18.2. The van der Waals surface area contributed by atoms with Crippen LogP contribution in [0.3, 0.4) is 0 Å². The van der Waals surface area contributed by atoms with Crippen LogP contribution in [0.5, 0.6) is 0 Å². The summed E-state index contributed by atoms with van der Waals surface area (Å²) in [6.45, 7) is 3.78. The van der Waals surface area contributed by atoms with Crippen LogP contribution < -0.4 is 10.2 Å². The van der Waals surface area contributed by atoms with E-state index in [0.717, 1.165) is 53.9 Å². The molecule has 0 unspecified atom stereocenters. The largest absolute Gasteiger partial charge is 0.354 e. The maximum atomic E-state index is 12.9. The topological polar surface area (TPSA) is 79.2 Å². The highest BCUT2D eigenvalue weighted by Gasteiger charge is 2.17. The van der Waals surface area contributed by atoms with E-state index in [9.17, 15) is 4.79 Å². The molecule has 0 spiro atoms. The van der Waals surface area contributed by atoms with E-state index in [1.54, 1.807) is 23.1 Å². The molecule has 0 aliphatic carbocycles. The number of hydrogen-bond acceptors (Lipinski definition) is 6. The number of aryl methyl sites for hydroxylation is 1.